The number of thioether (sulfide) groups is 1. The van der Waals surface area contributed by atoms with Crippen LogP contribution in [0.25, 0.3) is 0 Å². The van der Waals surface area contributed by atoms with Crippen molar-refractivity contribution in [3.8, 4) is 0 Å². The highest BCUT2D eigenvalue weighted by Gasteiger charge is 2.32. The molecular weight excluding hydrogens is 434 g/mol. The fourth-order valence-corrected chi connectivity index (χ4v) is 4.68. The molecule has 8 nitrogen and oxygen atoms in total. The second kappa shape index (κ2) is 10.2. The molecule has 1 aliphatic carbocycles. The van der Waals surface area contributed by atoms with Gasteiger partial charge in [-0.1, -0.05) is 30.0 Å². The summed E-state index contributed by atoms with van der Waals surface area (Å²) in [4.78, 5) is 14.9. The van der Waals surface area contributed by atoms with Crippen LogP contribution >= 0.6 is 11.8 Å². The highest BCUT2D eigenvalue weighted by atomic mass is 32.2. The first-order valence-electron chi connectivity index (χ1n) is 11.5. The van der Waals surface area contributed by atoms with E-state index in [4.69, 9.17) is 0 Å². The zero-order chi connectivity index (χ0) is 22.5. The van der Waals surface area contributed by atoms with Crippen molar-refractivity contribution >= 4 is 40.7 Å². The molecule has 0 atom stereocenters. The van der Waals surface area contributed by atoms with Crippen LogP contribution in [0.1, 0.15) is 38.1 Å². The van der Waals surface area contributed by atoms with E-state index in [-0.39, 0.29) is 5.91 Å². The van der Waals surface area contributed by atoms with Gasteiger partial charge in [-0.05, 0) is 68.5 Å². The first-order valence-corrected chi connectivity index (χ1v) is 12.4. The average molecular weight is 462 g/mol. The van der Waals surface area contributed by atoms with Gasteiger partial charge in [-0.15, -0.1) is 10.2 Å². The topological polar surface area (TPSA) is 87.8 Å². The summed E-state index contributed by atoms with van der Waals surface area (Å²) in [6.45, 7) is 2.08. The molecular formula is C24H27N7OS. The van der Waals surface area contributed by atoms with Gasteiger partial charge in [-0.3, -0.25) is 9.36 Å². The van der Waals surface area contributed by atoms with Crippen molar-refractivity contribution in [1.82, 2.24) is 14.8 Å². The molecule has 2 aromatic carbocycles. The number of carbonyl (C=O) groups is 1. The molecule has 5 rings (SSSR count). The maximum Gasteiger partial charge on any atom is 0.234 e. The number of amides is 1. The fourth-order valence-electron chi connectivity index (χ4n) is 3.88. The Morgan fingerprint density at radius 1 is 0.939 bits per heavy atom. The predicted molar refractivity (Wildman–Crippen MR) is 131 cm³/mol. The molecule has 1 amide bonds. The number of anilines is 2. The van der Waals surface area contributed by atoms with Gasteiger partial charge in [0.1, 0.15) is 0 Å². The molecule has 0 spiro atoms. The third-order valence-electron chi connectivity index (χ3n) is 5.72. The molecule has 1 aromatic heterocycles. The number of aromatic nitrogens is 3. The quantitative estimate of drug-likeness (QED) is 0.341. The monoisotopic (exact) mass is 461 g/mol. The lowest BCUT2D eigenvalue weighted by molar-refractivity contribution is -0.113. The molecule has 0 unspecified atom stereocenters. The lowest BCUT2D eigenvalue weighted by Gasteiger charge is -2.27. The minimum Gasteiger partial charge on any atom is -0.341 e. The Morgan fingerprint density at radius 3 is 2.33 bits per heavy atom. The van der Waals surface area contributed by atoms with Gasteiger partial charge in [0.15, 0.2) is 5.16 Å². The number of hydrogen-bond donors (Lipinski definition) is 1. The highest BCUT2D eigenvalue weighted by Crippen LogP contribution is 2.41. The lowest BCUT2D eigenvalue weighted by Crippen LogP contribution is -2.32. The molecule has 0 radical (unpaired) electrons. The third-order valence-corrected chi connectivity index (χ3v) is 6.66. The number of benzene rings is 2. The number of carbonyl (C=O) groups excluding carboxylic acids is 1. The van der Waals surface area contributed by atoms with Crippen LogP contribution < -0.4 is 10.2 Å². The summed E-state index contributed by atoms with van der Waals surface area (Å²) in [7, 11) is 0. The molecule has 2 fully saturated rings. The third kappa shape index (κ3) is 5.60. The van der Waals surface area contributed by atoms with Crippen LogP contribution in [0.15, 0.2) is 70.0 Å². The largest absolute Gasteiger partial charge is 0.341 e. The number of rotatable bonds is 8. The van der Waals surface area contributed by atoms with Crippen molar-refractivity contribution in [1.29, 1.82) is 0 Å². The zero-order valence-electron chi connectivity index (χ0n) is 18.4. The average Bonchev–Trinajstić information content (AvgIpc) is 3.62. The van der Waals surface area contributed by atoms with E-state index in [1.54, 1.807) is 0 Å². The van der Waals surface area contributed by atoms with Crippen LogP contribution in [0.4, 0.5) is 23.0 Å². The molecule has 2 heterocycles. The Morgan fingerprint density at radius 2 is 1.64 bits per heavy atom. The van der Waals surface area contributed by atoms with Crippen molar-refractivity contribution in [3.05, 3.63) is 54.6 Å². The van der Waals surface area contributed by atoms with Crippen LogP contribution in [0.3, 0.4) is 0 Å². The Labute approximate surface area is 197 Å². The Hall–Kier alpha value is -3.20. The molecule has 9 heteroatoms. The van der Waals surface area contributed by atoms with Crippen LogP contribution in [-0.4, -0.2) is 39.5 Å². The fraction of sp³-hybridized carbons (Fsp3) is 0.375. The van der Waals surface area contributed by atoms with Gasteiger partial charge in [-0.2, -0.15) is 10.2 Å². The SMILES string of the molecule is O=C(CSc1nnc(N2CCCCC2)n1C1CC1)Nc1ccc(N=Nc2ccccc2)cc1. The second-order valence-electron chi connectivity index (χ2n) is 8.35. The van der Waals surface area contributed by atoms with Crippen LogP contribution in [0.5, 0.6) is 0 Å². The zero-order valence-corrected chi connectivity index (χ0v) is 19.2. The maximum absolute atomic E-state index is 12.5. The lowest BCUT2D eigenvalue weighted by atomic mass is 10.1. The van der Waals surface area contributed by atoms with Crippen molar-refractivity contribution in [3.63, 3.8) is 0 Å². The van der Waals surface area contributed by atoms with Crippen molar-refractivity contribution < 1.29 is 4.79 Å². The molecule has 0 bridgehead atoms. The first-order chi connectivity index (χ1) is 16.3. The standard InChI is InChI=1S/C24H27N7OS/c32-22(25-18-9-11-20(12-10-18)27-26-19-7-3-1-4-8-19)17-33-24-29-28-23(31(24)21-13-14-21)30-15-5-2-6-16-30/h1,3-4,7-12,21H,2,5-6,13-17H2,(H,25,32). The van der Waals surface area contributed by atoms with Gasteiger partial charge >= 0.3 is 0 Å². The minimum absolute atomic E-state index is 0.0662. The Bertz CT molecular complexity index is 1100. The summed E-state index contributed by atoms with van der Waals surface area (Å²) in [5.74, 6) is 1.20. The first kappa shape index (κ1) is 21.6. The van der Waals surface area contributed by atoms with Gasteiger partial charge in [0.25, 0.3) is 0 Å². The van der Waals surface area contributed by atoms with Gasteiger partial charge < -0.3 is 10.2 Å². The van der Waals surface area contributed by atoms with E-state index in [0.717, 1.165) is 54.1 Å². The second-order valence-corrected chi connectivity index (χ2v) is 9.29. The van der Waals surface area contributed by atoms with Crippen molar-refractivity contribution in [2.24, 2.45) is 10.2 Å². The molecule has 2 aliphatic rings. The number of nitrogens with zero attached hydrogens (tertiary/aromatic N) is 6. The number of hydrogen-bond acceptors (Lipinski definition) is 7. The molecule has 33 heavy (non-hydrogen) atoms. The van der Waals surface area contributed by atoms with E-state index >= 15 is 0 Å². The van der Waals surface area contributed by atoms with Gasteiger partial charge in [0.05, 0.1) is 17.1 Å². The molecule has 1 aliphatic heterocycles. The molecule has 1 N–H and O–H groups in total. The predicted octanol–water partition coefficient (Wildman–Crippen LogP) is 5.75. The number of azo groups is 1. The summed E-state index contributed by atoms with van der Waals surface area (Å²) in [6.07, 6.45) is 6.01. The molecule has 3 aromatic rings. The van der Waals surface area contributed by atoms with Crippen molar-refractivity contribution in [2.75, 3.05) is 29.1 Å². The summed E-state index contributed by atoms with van der Waals surface area (Å²) >= 11 is 1.45. The van der Waals surface area contributed by atoms with Crippen molar-refractivity contribution in [2.45, 2.75) is 43.3 Å². The molecule has 1 saturated carbocycles. The number of nitrogens with one attached hydrogen (secondary N) is 1. The molecule has 1 saturated heterocycles. The smallest absolute Gasteiger partial charge is 0.234 e. The molecule has 170 valence electrons. The van der Waals surface area contributed by atoms with E-state index in [1.165, 1.54) is 31.0 Å². The Balaban J connectivity index is 1.16. The van der Waals surface area contributed by atoms with E-state index in [0.29, 0.717) is 11.8 Å². The minimum atomic E-state index is -0.0662. The van der Waals surface area contributed by atoms with E-state index in [1.807, 2.05) is 54.6 Å². The Kier molecular flexibility index (Phi) is 6.66. The summed E-state index contributed by atoms with van der Waals surface area (Å²) in [5.41, 5.74) is 2.26. The van der Waals surface area contributed by atoms with E-state index in [9.17, 15) is 4.79 Å². The normalized spacial score (nSPS) is 16.3. The van der Waals surface area contributed by atoms with E-state index < -0.39 is 0 Å². The summed E-state index contributed by atoms with van der Waals surface area (Å²) < 4.78 is 2.25. The maximum atomic E-state index is 12.5. The van der Waals surface area contributed by atoms with Gasteiger partial charge in [-0.25, -0.2) is 0 Å². The van der Waals surface area contributed by atoms with Crippen LogP contribution in [-0.2, 0) is 4.79 Å². The van der Waals surface area contributed by atoms with E-state index in [2.05, 4.69) is 35.2 Å². The summed E-state index contributed by atoms with van der Waals surface area (Å²) in [5, 5.41) is 21.1. The van der Waals surface area contributed by atoms with Gasteiger partial charge in [0.2, 0.25) is 11.9 Å². The van der Waals surface area contributed by atoms with Gasteiger partial charge in [0, 0.05) is 24.8 Å². The number of piperidine rings is 1. The van der Waals surface area contributed by atoms with Crippen LogP contribution in [0, 0.1) is 0 Å². The highest BCUT2D eigenvalue weighted by molar-refractivity contribution is 7.99. The summed E-state index contributed by atoms with van der Waals surface area (Å²) in [6, 6.07) is 17.4. The van der Waals surface area contributed by atoms with Crippen LogP contribution in [0.2, 0.25) is 0 Å².